The molecule has 1 N–H and O–H groups in total. The Hall–Kier alpha value is -2.50. The predicted octanol–water partition coefficient (Wildman–Crippen LogP) is 2.68. The third-order valence-electron chi connectivity index (χ3n) is 2.61. The molecule has 0 unspecified atom stereocenters. The average molecular weight is 279 g/mol. The molecule has 2 aromatic rings. The average Bonchev–Trinajstić information content (AvgIpc) is 2.42. The van der Waals surface area contributed by atoms with E-state index < -0.39 is 28.9 Å². The van der Waals surface area contributed by atoms with Crippen molar-refractivity contribution in [1.29, 1.82) is 0 Å². The summed E-state index contributed by atoms with van der Waals surface area (Å²) in [7, 11) is 0. The van der Waals surface area contributed by atoms with Crippen molar-refractivity contribution >= 4 is 5.97 Å². The number of hydrogen-bond acceptors (Lipinski definition) is 3. The van der Waals surface area contributed by atoms with E-state index in [1.54, 1.807) is 18.5 Å². The van der Waals surface area contributed by atoms with Gasteiger partial charge in [-0.25, -0.2) is 13.6 Å². The summed E-state index contributed by atoms with van der Waals surface area (Å²) in [5, 5.41) is 8.67. The molecule has 6 heteroatoms. The molecule has 20 heavy (non-hydrogen) atoms. The van der Waals surface area contributed by atoms with E-state index in [1.807, 2.05) is 6.07 Å². The van der Waals surface area contributed by atoms with Crippen LogP contribution in [0.1, 0.15) is 15.9 Å². The topological polar surface area (TPSA) is 59.4 Å². The maximum atomic E-state index is 13.6. The molecular formula is C14H11F2NO3. The lowest BCUT2D eigenvalue weighted by Gasteiger charge is -2.09. The summed E-state index contributed by atoms with van der Waals surface area (Å²) in [6.45, 7) is 0.0615. The number of carboxylic acid groups (broad SMARTS) is 1. The fraction of sp³-hybridized carbons (Fsp3) is 0.143. The summed E-state index contributed by atoms with van der Waals surface area (Å²) < 4.78 is 32.1. The second-order valence-corrected chi connectivity index (χ2v) is 4.03. The largest absolute Gasteiger partial charge is 0.487 e. The number of carbonyl (C=O) groups is 1. The highest BCUT2D eigenvalue weighted by atomic mass is 19.1. The van der Waals surface area contributed by atoms with Crippen LogP contribution in [-0.2, 0) is 6.42 Å². The van der Waals surface area contributed by atoms with Crippen LogP contribution < -0.4 is 4.74 Å². The van der Waals surface area contributed by atoms with Gasteiger partial charge in [-0.3, -0.25) is 4.98 Å². The van der Waals surface area contributed by atoms with Crippen molar-refractivity contribution in [1.82, 2.24) is 4.98 Å². The van der Waals surface area contributed by atoms with Crippen LogP contribution in [0.4, 0.5) is 8.78 Å². The number of halogens is 2. The van der Waals surface area contributed by atoms with Gasteiger partial charge in [-0.2, -0.15) is 0 Å². The second-order valence-electron chi connectivity index (χ2n) is 4.03. The molecule has 0 radical (unpaired) electrons. The molecule has 2 rings (SSSR count). The molecule has 1 heterocycles. The number of aromatic carboxylic acids is 1. The molecule has 104 valence electrons. The molecule has 0 saturated heterocycles. The van der Waals surface area contributed by atoms with Crippen LogP contribution in [0.5, 0.6) is 5.75 Å². The van der Waals surface area contributed by atoms with Crippen LogP contribution >= 0.6 is 0 Å². The monoisotopic (exact) mass is 279 g/mol. The molecule has 1 aromatic carbocycles. The molecule has 0 bridgehead atoms. The minimum Gasteiger partial charge on any atom is -0.487 e. The Kier molecular flexibility index (Phi) is 4.24. The van der Waals surface area contributed by atoms with E-state index >= 15 is 0 Å². The maximum absolute atomic E-state index is 13.6. The highest BCUT2D eigenvalue weighted by Gasteiger charge is 2.15. The number of pyridine rings is 1. The first-order valence-electron chi connectivity index (χ1n) is 5.82. The maximum Gasteiger partial charge on any atom is 0.335 e. The van der Waals surface area contributed by atoms with Gasteiger partial charge in [0.15, 0.2) is 17.4 Å². The molecule has 0 amide bonds. The molecule has 4 nitrogen and oxygen atoms in total. The summed E-state index contributed by atoms with van der Waals surface area (Å²) in [6, 6.07) is 5.02. The molecule has 0 aliphatic rings. The van der Waals surface area contributed by atoms with Gasteiger partial charge >= 0.3 is 5.97 Å². The van der Waals surface area contributed by atoms with Gasteiger partial charge in [0.1, 0.15) is 0 Å². The lowest BCUT2D eigenvalue weighted by molar-refractivity contribution is 0.0695. The normalized spacial score (nSPS) is 10.3. The van der Waals surface area contributed by atoms with Crippen LogP contribution in [0.3, 0.4) is 0 Å². The third kappa shape index (κ3) is 3.28. The van der Waals surface area contributed by atoms with Crippen LogP contribution in [0.2, 0.25) is 0 Å². The zero-order valence-electron chi connectivity index (χ0n) is 10.3. The molecule has 0 saturated carbocycles. The van der Waals surface area contributed by atoms with E-state index in [-0.39, 0.29) is 6.61 Å². The van der Waals surface area contributed by atoms with Gasteiger partial charge in [-0.05, 0) is 23.8 Å². The third-order valence-corrected chi connectivity index (χ3v) is 2.61. The van der Waals surface area contributed by atoms with Gasteiger partial charge in [-0.1, -0.05) is 6.07 Å². The zero-order chi connectivity index (χ0) is 14.5. The first kappa shape index (κ1) is 13.9. The molecule has 0 atom stereocenters. The summed E-state index contributed by atoms with van der Waals surface area (Å²) in [5.41, 5.74) is 0.412. The van der Waals surface area contributed by atoms with Crippen LogP contribution in [-0.4, -0.2) is 22.7 Å². The molecule has 0 aliphatic heterocycles. The predicted molar refractivity (Wildman–Crippen MR) is 66.8 cm³/mol. The van der Waals surface area contributed by atoms with Gasteiger partial charge in [0.2, 0.25) is 0 Å². The first-order chi connectivity index (χ1) is 9.58. The SMILES string of the molecule is O=C(O)c1cc(F)c(OCCc2cccnc2)c(F)c1. The molecule has 0 spiro atoms. The Labute approximate surface area is 113 Å². The number of carboxylic acids is 1. The van der Waals surface area contributed by atoms with E-state index in [4.69, 9.17) is 9.84 Å². The lowest BCUT2D eigenvalue weighted by Crippen LogP contribution is -2.06. The van der Waals surface area contributed by atoms with Gasteiger partial charge in [-0.15, -0.1) is 0 Å². The van der Waals surface area contributed by atoms with E-state index in [0.29, 0.717) is 6.42 Å². The van der Waals surface area contributed by atoms with E-state index in [1.165, 1.54) is 0 Å². The van der Waals surface area contributed by atoms with Crippen molar-refractivity contribution in [3.05, 3.63) is 59.4 Å². The van der Waals surface area contributed by atoms with E-state index in [9.17, 15) is 13.6 Å². The molecule has 0 fully saturated rings. The Morgan fingerprint density at radius 1 is 1.30 bits per heavy atom. The van der Waals surface area contributed by atoms with Crippen molar-refractivity contribution in [3.8, 4) is 5.75 Å². The second kappa shape index (κ2) is 6.10. The fourth-order valence-corrected chi connectivity index (χ4v) is 1.64. The molecule has 0 aliphatic carbocycles. The standard InChI is InChI=1S/C14H11F2NO3/c15-11-6-10(14(18)19)7-12(16)13(11)20-5-3-9-2-1-4-17-8-9/h1-2,4,6-8H,3,5H2,(H,18,19). The molecule has 1 aromatic heterocycles. The van der Waals surface area contributed by atoms with E-state index in [2.05, 4.69) is 4.98 Å². The minimum absolute atomic E-state index is 0.0615. The summed E-state index contributed by atoms with van der Waals surface area (Å²) in [4.78, 5) is 14.5. The quantitative estimate of drug-likeness (QED) is 0.914. The van der Waals surface area contributed by atoms with Crippen molar-refractivity contribution in [3.63, 3.8) is 0 Å². The van der Waals surface area contributed by atoms with Crippen LogP contribution in [0.25, 0.3) is 0 Å². The minimum atomic E-state index is -1.40. The van der Waals surface area contributed by atoms with Crippen LogP contribution in [0, 0.1) is 11.6 Å². The number of nitrogens with zero attached hydrogens (tertiary/aromatic N) is 1. The first-order valence-corrected chi connectivity index (χ1v) is 5.82. The smallest absolute Gasteiger partial charge is 0.335 e. The van der Waals surface area contributed by atoms with Crippen molar-refractivity contribution in [2.45, 2.75) is 6.42 Å². The number of benzene rings is 1. The van der Waals surface area contributed by atoms with Crippen molar-refractivity contribution < 1.29 is 23.4 Å². The highest BCUT2D eigenvalue weighted by Crippen LogP contribution is 2.23. The number of ether oxygens (including phenoxy) is 1. The molecular weight excluding hydrogens is 268 g/mol. The Balaban J connectivity index is 2.05. The van der Waals surface area contributed by atoms with Gasteiger partial charge in [0.25, 0.3) is 0 Å². The van der Waals surface area contributed by atoms with E-state index in [0.717, 1.165) is 17.7 Å². The Morgan fingerprint density at radius 2 is 2.00 bits per heavy atom. The van der Waals surface area contributed by atoms with Gasteiger partial charge in [0.05, 0.1) is 12.2 Å². The Bertz CT molecular complexity index is 594. The fourth-order valence-electron chi connectivity index (χ4n) is 1.64. The van der Waals surface area contributed by atoms with Gasteiger partial charge < -0.3 is 9.84 Å². The zero-order valence-corrected chi connectivity index (χ0v) is 10.3. The number of aromatic nitrogens is 1. The Morgan fingerprint density at radius 3 is 2.55 bits per heavy atom. The van der Waals surface area contributed by atoms with Crippen molar-refractivity contribution in [2.24, 2.45) is 0 Å². The summed E-state index contributed by atoms with van der Waals surface area (Å²) >= 11 is 0. The summed E-state index contributed by atoms with van der Waals surface area (Å²) in [6.07, 6.45) is 3.69. The van der Waals surface area contributed by atoms with Crippen LogP contribution in [0.15, 0.2) is 36.7 Å². The lowest BCUT2D eigenvalue weighted by atomic mass is 10.2. The summed E-state index contributed by atoms with van der Waals surface area (Å²) in [5.74, 6) is -4.04. The highest BCUT2D eigenvalue weighted by molar-refractivity contribution is 5.87. The number of rotatable bonds is 5. The van der Waals surface area contributed by atoms with Crippen molar-refractivity contribution in [2.75, 3.05) is 6.61 Å². The van der Waals surface area contributed by atoms with Gasteiger partial charge in [0, 0.05) is 18.8 Å². The number of hydrogen-bond donors (Lipinski definition) is 1.